The summed E-state index contributed by atoms with van der Waals surface area (Å²) >= 11 is 0. The molecule has 1 unspecified atom stereocenters. The lowest BCUT2D eigenvalue weighted by molar-refractivity contribution is 0.614. The molecule has 2 rings (SSSR count). The lowest BCUT2D eigenvalue weighted by Gasteiger charge is -2.18. The number of nitrogens with zero attached hydrogens (tertiary/aromatic N) is 1. The highest BCUT2D eigenvalue weighted by atomic mass is 19.1. The van der Waals surface area contributed by atoms with Gasteiger partial charge in [-0.05, 0) is 42.7 Å². The average Bonchev–Trinajstić information content (AvgIpc) is 2.48. The Balaban J connectivity index is 2.07. The van der Waals surface area contributed by atoms with Crippen molar-refractivity contribution in [1.29, 1.82) is 0 Å². The van der Waals surface area contributed by atoms with Gasteiger partial charge in [-0.2, -0.15) is 0 Å². The monoisotopic (exact) mass is 272 g/mol. The van der Waals surface area contributed by atoms with E-state index in [0.29, 0.717) is 0 Å². The van der Waals surface area contributed by atoms with E-state index < -0.39 is 0 Å². The van der Waals surface area contributed by atoms with E-state index in [0.717, 1.165) is 30.6 Å². The van der Waals surface area contributed by atoms with Gasteiger partial charge in [0, 0.05) is 5.69 Å². The van der Waals surface area contributed by atoms with Gasteiger partial charge in [0.1, 0.15) is 5.82 Å². The van der Waals surface area contributed by atoms with Crippen LogP contribution in [0.3, 0.4) is 0 Å². The predicted molar refractivity (Wildman–Crippen MR) is 81.3 cm³/mol. The Bertz CT molecular complexity index is 520. The van der Waals surface area contributed by atoms with Crippen LogP contribution < -0.4 is 5.32 Å². The van der Waals surface area contributed by atoms with Gasteiger partial charge in [-0.25, -0.2) is 4.39 Å². The molecule has 1 atom stereocenters. The summed E-state index contributed by atoms with van der Waals surface area (Å²) in [7, 11) is 0. The van der Waals surface area contributed by atoms with Crippen LogP contribution in [0.25, 0.3) is 0 Å². The van der Waals surface area contributed by atoms with Gasteiger partial charge >= 0.3 is 0 Å². The van der Waals surface area contributed by atoms with E-state index in [2.05, 4.69) is 48.4 Å². The van der Waals surface area contributed by atoms with Gasteiger partial charge in [-0.15, -0.1) is 0 Å². The Morgan fingerprint density at radius 2 is 1.85 bits per heavy atom. The molecule has 0 aliphatic heterocycles. The molecule has 1 aromatic carbocycles. The van der Waals surface area contributed by atoms with Crippen molar-refractivity contribution in [2.45, 2.75) is 39.2 Å². The van der Waals surface area contributed by atoms with Crippen molar-refractivity contribution >= 4 is 5.69 Å². The zero-order chi connectivity index (χ0) is 14.4. The van der Waals surface area contributed by atoms with E-state index in [9.17, 15) is 4.39 Å². The van der Waals surface area contributed by atoms with Crippen LogP contribution in [0.5, 0.6) is 0 Å². The van der Waals surface area contributed by atoms with Gasteiger partial charge in [0.15, 0.2) is 0 Å². The SMILES string of the molecule is CCCc1ccc(NC(CC)c2ccc(F)cn2)cc1. The van der Waals surface area contributed by atoms with Crippen LogP contribution in [0, 0.1) is 5.82 Å². The maximum Gasteiger partial charge on any atom is 0.141 e. The first-order valence-corrected chi connectivity index (χ1v) is 7.19. The van der Waals surface area contributed by atoms with E-state index in [-0.39, 0.29) is 11.9 Å². The first-order chi connectivity index (χ1) is 9.72. The number of benzene rings is 1. The summed E-state index contributed by atoms with van der Waals surface area (Å²) in [4.78, 5) is 4.16. The molecule has 0 saturated heterocycles. The maximum absolute atomic E-state index is 12.9. The Morgan fingerprint density at radius 3 is 2.40 bits per heavy atom. The lowest BCUT2D eigenvalue weighted by atomic mass is 10.1. The molecule has 1 aromatic heterocycles. The lowest BCUT2D eigenvalue weighted by Crippen LogP contribution is -2.11. The van der Waals surface area contributed by atoms with Crippen LogP contribution in [0.2, 0.25) is 0 Å². The number of aryl methyl sites for hydroxylation is 1. The third-order valence-corrected chi connectivity index (χ3v) is 3.35. The highest BCUT2D eigenvalue weighted by Crippen LogP contribution is 2.21. The van der Waals surface area contributed by atoms with Crippen LogP contribution in [-0.2, 0) is 6.42 Å². The fourth-order valence-corrected chi connectivity index (χ4v) is 2.24. The molecule has 0 amide bonds. The van der Waals surface area contributed by atoms with Gasteiger partial charge in [-0.1, -0.05) is 32.4 Å². The van der Waals surface area contributed by atoms with E-state index in [1.165, 1.54) is 17.8 Å². The number of hydrogen-bond donors (Lipinski definition) is 1. The number of pyridine rings is 1. The predicted octanol–water partition coefficient (Wildman–Crippen LogP) is 4.74. The van der Waals surface area contributed by atoms with Crippen molar-refractivity contribution in [3.05, 3.63) is 59.7 Å². The normalized spacial score (nSPS) is 12.2. The van der Waals surface area contributed by atoms with Crippen molar-refractivity contribution in [1.82, 2.24) is 4.98 Å². The number of anilines is 1. The fourth-order valence-electron chi connectivity index (χ4n) is 2.24. The summed E-state index contributed by atoms with van der Waals surface area (Å²) in [5.74, 6) is -0.299. The van der Waals surface area contributed by atoms with Crippen LogP contribution in [-0.4, -0.2) is 4.98 Å². The van der Waals surface area contributed by atoms with Gasteiger partial charge in [0.05, 0.1) is 17.9 Å². The number of halogens is 1. The molecule has 0 aliphatic rings. The minimum Gasteiger partial charge on any atom is -0.377 e. The molecule has 0 spiro atoms. The molecular weight excluding hydrogens is 251 g/mol. The highest BCUT2D eigenvalue weighted by molar-refractivity contribution is 5.46. The quantitative estimate of drug-likeness (QED) is 0.821. The second kappa shape index (κ2) is 7.04. The van der Waals surface area contributed by atoms with Crippen molar-refractivity contribution < 1.29 is 4.39 Å². The summed E-state index contributed by atoms with van der Waals surface area (Å²) in [5, 5.41) is 3.45. The number of nitrogens with one attached hydrogen (secondary N) is 1. The van der Waals surface area contributed by atoms with Crippen LogP contribution in [0.15, 0.2) is 42.6 Å². The highest BCUT2D eigenvalue weighted by Gasteiger charge is 2.10. The van der Waals surface area contributed by atoms with Crippen LogP contribution in [0.1, 0.15) is 44.0 Å². The fraction of sp³-hybridized carbons (Fsp3) is 0.353. The summed E-state index contributed by atoms with van der Waals surface area (Å²) in [5.41, 5.74) is 3.29. The van der Waals surface area contributed by atoms with Gasteiger partial charge < -0.3 is 5.32 Å². The smallest absolute Gasteiger partial charge is 0.141 e. The molecule has 0 saturated carbocycles. The molecule has 20 heavy (non-hydrogen) atoms. The van der Waals surface area contributed by atoms with Crippen molar-refractivity contribution in [3.8, 4) is 0 Å². The topological polar surface area (TPSA) is 24.9 Å². The summed E-state index contributed by atoms with van der Waals surface area (Å²) in [6, 6.07) is 11.8. The second-order valence-electron chi connectivity index (χ2n) is 4.95. The molecule has 1 heterocycles. The summed E-state index contributed by atoms with van der Waals surface area (Å²) < 4.78 is 12.9. The van der Waals surface area contributed by atoms with E-state index in [4.69, 9.17) is 0 Å². The van der Waals surface area contributed by atoms with Crippen molar-refractivity contribution in [3.63, 3.8) is 0 Å². The van der Waals surface area contributed by atoms with Gasteiger partial charge in [0.25, 0.3) is 0 Å². The average molecular weight is 272 g/mol. The largest absolute Gasteiger partial charge is 0.377 e. The molecule has 2 nitrogen and oxygen atoms in total. The Hall–Kier alpha value is -1.90. The van der Waals surface area contributed by atoms with Crippen molar-refractivity contribution in [2.24, 2.45) is 0 Å². The standard InChI is InChI=1S/C17H21FN2/c1-3-5-13-6-9-15(10-7-13)20-16(4-2)17-11-8-14(18)12-19-17/h6-12,16,20H,3-5H2,1-2H3. The molecule has 0 aliphatic carbocycles. The molecular formula is C17H21FN2. The Kier molecular flexibility index (Phi) is 5.10. The van der Waals surface area contributed by atoms with Crippen LogP contribution in [0.4, 0.5) is 10.1 Å². The maximum atomic E-state index is 12.9. The number of rotatable bonds is 6. The minimum atomic E-state index is -0.299. The summed E-state index contributed by atoms with van der Waals surface area (Å²) in [6.45, 7) is 4.27. The van der Waals surface area contributed by atoms with Crippen molar-refractivity contribution in [2.75, 3.05) is 5.32 Å². The number of hydrogen-bond acceptors (Lipinski definition) is 2. The molecule has 0 bridgehead atoms. The molecule has 3 heteroatoms. The van der Waals surface area contributed by atoms with Crippen LogP contribution >= 0.6 is 0 Å². The third kappa shape index (κ3) is 3.80. The van der Waals surface area contributed by atoms with E-state index in [1.54, 1.807) is 6.07 Å². The third-order valence-electron chi connectivity index (χ3n) is 3.35. The molecule has 0 radical (unpaired) electrons. The Labute approximate surface area is 120 Å². The molecule has 106 valence electrons. The Morgan fingerprint density at radius 1 is 1.10 bits per heavy atom. The molecule has 1 N–H and O–H groups in total. The zero-order valence-corrected chi connectivity index (χ0v) is 12.1. The first-order valence-electron chi connectivity index (χ1n) is 7.19. The van der Waals surface area contributed by atoms with Gasteiger partial charge in [0.2, 0.25) is 0 Å². The number of aromatic nitrogens is 1. The second-order valence-corrected chi connectivity index (χ2v) is 4.95. The van der Waals surface area contributed by atoms with E-state index in [1.807, 2.05) is 0 Å². The summed E-state index contributed by atoms with van der Waals surface area (Å²) in [6.07, 6.45) is 4.43. The first kappa shape index (κ1) is 14.5. The van der Waals surface area contributed by atoms with E-state index >= 15 is 0 Å². The minimum absolute atomic E-state index is 0.104. The van der Waals surface area contributed by atoms with Gasteiger partial charge in [-0.3, -0.25) is 4.98 Å². The molecule has 2 aromatic rings. The molecule has 0 fully saturated rings. The zero-order valence-electron chi connectivity index (χ0n) is 12.1.